The molecule has 0 aromatic heterocycles. The van der Waals surface area contributed by atoms with Gasteiger partial charge in [0.15, 0.2) is 0 Å². The van der Waals surface area contributed by atoms with Crippen LogP contribution in [-0.2, 0) is 4.84 Å². The molecule has 104 valence electrons. The quantitative estimate of drug-likeness (QED) is 0.761. The van der Waals surface area contributed by atoms with Crippen molar-refractivity contribution in [2.45, 2.75) is 45.6 Å². The van der Waals surface area contributed by atoms with E-state index in [0.717, 1.165) is 6.61 Å². The van der Waals surface area contributed by atoms with Crippen LogP contribution in [0.15, 0.2) is 24.3 Å². The molecule has 2 heteroatoms. The van der Waals surface area contributed by atoms with Crippen molar-refractivity contribution in [2.24, 2.45) is 11.3 Å². The first-order valence-corrected chi connectivity index (χ1v) is 7.40. The molecule has 0 N–H and O–H groups in total. The van der Waals surface area contributed by atoms with Crippen LogP contribution in [0.5, 0.6) is 0 Å². The lowest BCUT2D eigenvalue weighted by molar-refractivity contribution is -0.133. The van der Waals surface area contributed by atoms with Gasteiger partial charge in [-0.25, -0.2) is 0 Å². The first-order chi connectivity index (χ1) is 8.99. The van der Waals surface area contributed by atoms with E-state index in [-0.39, 0.29) is 0 Å². The maximum atomic E-state index is 5.78. The van der Waals surface area contributed by atoms with E-state index in [9.17, 15) is 0 Å². The van der Waals surface area contributed by atoms with Gasteiger partial charge in [-0.2, -0.15) is 5.06 Å². The average Bonchev–Trinajstić information content (AvgIpc) is 2.71. The summed E-state index contributed by atoms with van der Waals surface area (Å²) in [5.74, 6) is 1.37. The summed E-state index contributed by atoms with van der Waals surface area (Å²) in [6.45, 7) is 7.94. The molecule has 0 amide bonds. The molecule has 1 aliphatic heterocycles. The van der Waals surface area contributed by atoms with Gasteiger partial charge in [0, 0.05) is 19.0 Å². The van der Waals surface area contributed by atoms with Crippen molar-refractivity contribution >= 4 is 0 Å². The summed E-state index contributed by atoms with van der Waals surface area (Å²) >= 11 is 0. The van der Waals surface area contributed by atoms with Gasteiger partial charge in [-0.05, 0) is 42.2 Å². The summed E-state index contributed by atoms with van der Waals surface area (Å²) in [5, 5.41) is 2.11. The summed E-state index contributed by atoms with van der Waals surface area (Å²) in [6.07, 6.45) is 2.52. The van der Waals surface area contributed by atoms with Gasteiger partial charge in [-0.15, -0.1) is 0 Å². The zero-order valence-electron chi connectivity index (χ0n) is 12.5. The molecular formula is C17H25NO. The first-order valence-electron chi connectivity index (χ1n) is 7.40. The molecule has 3 rings (SSSR count). The Bertz CT molecular complexity index is 468. The van der Waals surface area contributed by atoms with E-state index in [2.05, 4.69) is 57.1 Å². The normalized spacial score (nSPS) is 34.2. The Morgan fingerprint density at radius 1 is 1.26 bits per heavy atom. The van der Waals surface area contributed by atoms with Gasteiger partial charge in [0.2, 0.25) is 0 Å². The fourth-order valence-electron chi connectivity index (χ4n) is 4.50. The molecule has 2 fully saturated rings. The van der Waals surface area contributed by atoms with E-state index in [1.807, 2.05) is 0 Å². The molecule has 3 unspecified atom stereocenters. The number of aryl methyl sites for hydroxylation is 1. The Labute approximate surface area is 116 Å². The van der Waals surface area contributed by atoms with Crippen LogP contribution in [0, 0.1) is 18.3 Å². The van der Waals surface area contributed by atoms with Crippen LogP contribution >= 0.6 is 0 Å². The summed E-state index contributed by atoms with van der Waals surface area (Å²) < 4.78 is 0. The highest BCUT2D eigenvalue weighted by Crippen LogP contribution is 2.50. The largest absolute Gasteiger partial charge is 0.299 e. The summed E-state index contributed by atoms with van der Waals surface area (Å²) in [4.78, 5) is 5.78. The van der Waals surface area contributed by atoms with Crippen molar-refractivity contribution in [2.75, 3.05) is 13.7 Å². The van der Waals surface area contributed by atoms with Crippen LogP contribution in [0.25, 0.3) is 0 Å². The van der Waals surface area contributed by atoms with E-state index in [1.165, 1.54) is 18.4 Å². The highest BCUT2D eigenvalue weighted by atomic mass is 16.7. The molecule has 0 radical (unpaired) electrons. The number of hydrogen-bond donors (Lipinski definition) is 0. The zero-order valence-corrected chi connectivity index (χ0v) is 12.5. The number of fused-ring (bicyclic) bond motifs is 1. The van der Waals surface area contributed by atoms with Crippen molar-refractivity contribution < 1.29 is 4.84 Å². The molecule has 1 aromatic rings. The molecular weight excluding hydrogens is 234 g/mol. The highest BCUT2D eigenvalue weighted by Gasteiger charge is 2.49. The Kier molecular flexibility index (Phi) is 3.18. The van der Waals surface area contributed by atoms with E-state index in [1.54, 1.807) is 5.56 Å². The number of hydroxylamine groups is 2. The Balaban J connectivity index is 1.90. The van der Waals surface area contributed by atoms with Crippen molar-refractivity contribution in [3.05, 3.63) is 35.4 Å². The predicted octanol–water partition coefficient (Wildman–Crippen LogP) is 3.76. The van der Waals surface area contributed by atoms with Crippen LogP contribution in [0.2, 0.25) is 0 Å². The molecule has 0 bridgehead atoms. The highest BCUT2D eigenvalue weighted by molar-refractivity contribution is 5.30. The summed E-state index contributed by atoms with van der Waals surface area (Å²) in [7, 11) is 2.10. The minimum absolute atomic E-state index is 0.321. The van der Waals surface area contributed by atoms with E-state index >= 15 is 0 Å². The molecule has 3 atom stereocenters. The number of rotatable bonds is 1. The lowest BCUT2D eigenvalue weighted by Gasteiger charge is -2.45. The molecule has 19 heavy (non-hydrogen) atoms. The Morgan fingerprint density at radius 3 is 2.74 bits per heavy atom. The van der Waals surface area contributed by atoms with E-state index in [4.69, 9.17) is 4.84 Å². The topological polar surface area (TPSA) is 12.5 Å². The van der Waals surface area contributed by atoms with E-state index in [0.29, 0.717) is 23.3 Å². The third-order valence-corrected chi connectivity index (χ3v) is 5.12. The smallest absolute Gasteiger partial charge is 0.0729 e. The average molecular weight is 259 g/mol. The maximum absolute atomic E-state index is 5.78. The number of nitrogens with zero attached hydrogens (tertiary/aromatic N) is 1. The molecule has 1 saturated carbocycles. The first kappa shape index (κ1) is 13.1. The van der Waals surface area contributed by atoms with Crippen molar-refractivity contribution in [1.82, 2.24) is 5.06 Å². The van der Waals surface area contributed by atoms with Crippen LogP contribution in [0.3, 0.4) is 0 Å². The van der Waals surface area contributed by atoms with Gasteiger partial charge < -0.3 is 0 Å². The van der Waals surface area contributed by atoms with Crippen molar-refractivity contribution in [1.29, 1.82) is 0 Å². The van der Waals surface area contributed by atoms with Gasteiger partial charge in [-0.3, -0.25) is 4.84 Å². The summed E-state index contributed by atoms with van der Waals surface area (Å²) in [5.41, 5.74) is 3.30. The van der Waals surface area contributed by atoms with Gasteiger partial charge in [-0.1, -0.05) is 38.1 Å². The van der Waals surface area contributed by atoms with Crippen molar-refractivity contribution in [3.8, 4) is 0 Å². The van der Waals surface area contributed by atoms with Crippen LogP contribution in [-0.4, -0.2) is 24.8 Å². The van der Waals surface area contributed by atoms with Gasteiger partial charge in [0.05, 0.1) is 6.61 Å². The predicted molar refractivity (Wildman–Crippen MR) is 77.9 cm³/mol. The Hall–Kier alpha value is -0.860. The number of benzene rings is 1. The van der Waals surface area contributed by atoms with Gasteiger partial charge >= 0.3 is 0 Å². The second-order valence-electron chi connectivity index (χ2n) is 7.03. The minimum Gasteiger partial charge on any atom is -0.299 e. The second kappa shape index (κ2) is 4.60. The molecule has 2 nitrogen and oxygen atoms in total. The zero-order chi connectivity index (χ0) is 13.6. The van der Waals surface area contributed by atoms with E-state index < -0.39 is 0 Å². The lowest BCUT2D eigenvalue weighted by Crippen LogP contribution is -2.46. The number of hydrogen-bond acceptors (Lipinski definition) is 2. The van der Waals surface area contributed by atoms with Crippen LogP contribution in [0.4, 0.5) is 0 Å². The molecule has 1 saturated heterocycles. The molecule has 1 aliphatic carbocycles. The Morgan fingerprint density at radius 2 is 2.00 bits per heavy atom. The monoisotopic (exact) mass is 259 g/mol. The molecule has 1 heterocycles. The fourth-order valence-corrected chi connectivity index (χ4v) is 4.50. The third kappa shape index (κ3) is 2.21. The van der Waals surface area contributed by atoms with Crippen LogP contribution in [0.1, 0.15) is 43.7 Å². The SMILES string of the molecule is Cc1ccccc1C1CC2CON(C)C2C(C)(C)C1. The van der Waals surface area contributed by atoms with Crippen molar-refractivity contribution in [3.63, 3.8) is 0 Å². The molecule has 2 aliphatic rings. The molecule has 0 spiro atoms. The van der Waals surface area contributed by atoms with Gasteiger partial charge in [0.1, 0.15) is 0 Å². The third-order valence-electron chi connectivity index (χ3n) is 5.12. The fraction of sp³-hybridized carbons (Fsp3) is 0.647. The maximum Gasteiger partial charge on any atom is 0.0729 e. The second-order valence-corrected chi connectivity index (χ2v) is 7.03. The minimum atomic E-state index is 0.321. The van der Waals surface area contributed by atoms with Crippen LogP contribution < -0.4 is 0 Å². The van der Waals surface area contributed by atoms with Gasteiger partial charge in [0.25, 0.3) is 0 Å². The standard InChI is InChI=1S/C17H25NO/c1-12-7-5-6-8-15(12)13-9-14-11-19-18(4)16(14)17(2,3)10-13/h5-8,13-14,16H,9-11H2,1-4H3. The lowest BCUT2D eigenvalue weighted by atomic mass is 9.62. The summed E-state index contributed by atoms with van der Waals surface area (Å²) in [6, 6.07) is 9.45. The molecule has 1 aromatic carbocycles.